The van der Waals surface area contributed by atoms with Gasteiger partial charge in [0.05, 0.1) is 12.7 Å². The third-order valence-electron chi connectivity index (χ3n) is 3.14. The largest absolute Gasteiger partial charge is 0.504 e. The summed E-state index contributed by atoms with van der Waals surface area (Å²) in [7, 11) is 5.41. The molecule has 2 N–H and O–H groups in total. The Kier molecular flexibility index (Phi) is 6.49. The average Bonchev–Trinajstić information content (AvgIpc) is 2.37. The summed E-state index contributed by atoms with van der Waals surface area (Å²) in [6.45, 7) is 5.00. The summed E-state index contributed by atoms with van der Waals surface area (Å²) in [5.41, 5.74) is 0.238. The summed E-state index contributed by atoms with van der Waals surface area (Å²) in [4.78, 5) is 14.4. The molecular formula is C16H26N2O3. The number of carbonyl (C=O) groups excluding carboxylic acids is 1. The highest BCUT2D eigenvalue weighted by atomic mass is 16.5. The van der Waals surface area contributed by atoms with Crippen molar-refractivity contribution in [2.45, 2.75) is 26.3 Å². The number of phenols is 1. The number of phenolic OH excluding ortho intramolecular Hbond substituents is 1. The van der Waals surface area contributed by atoms with Crippen molar-refractivity contribution in [3.8, 4) is 11.5 Å². The highest BCUT2D eigenvalue weighted by Gasteiger charge is 2.19. The number of nitrogens with one attached hydrogen (secondary N) is 1. The predicted octanol–water partition coefficient (Wildman–Crippen LogP) is 2.11. The molecule has 1 aromatic carbocycles. The zero-order chi connectivity index (χ0) is 16.0. The van der Waals surface area contributed by atoms with Gasteiger partial charge in [0.15, 0.2) is 11.5 Å². The molecular weight excluding hydrogens is 268 g/mol. The van der Waals surface area contributed by atoms with Crippen LogP contribution in [0, 0.1) is 5.92 Å². The first-order chi connectivity index (χ1) is 9.85. The summed E-state index contributed by atoms with van der Waals surface area (Å²) < 4.78 is 5.03. The van der Waals surface area contributed by atoms with E-state index >= 15 is 0 Å². The van der Waals surface area contributed by atoms with Crippen molar-refractivity contribution in [3.63, 3.8) is 0 Å². The van der Waals surface area contributed by atoms with E-state index in [-0.39, 0.29) is 23.3 Å². The van der Waals surface area contributed by atoms with Crippen molar-refractivity contribution in [2.75, 3.05) is 27.7 Å². The minimum absolute atomic E-state index is 0.0399. The monoisotopic (exact) mass is 294 g/mol. The van der Waals surface area contributed by atoms with E-state index < -0.39 is 0 Å². The van der Waals surface area contributed by atoms with Gasteiger partial charge in [-0.25, -0.2) is 0 Å². The van der Waals surface area contributed by atoms with Crippen LogP contribution in [0.25, 0.3) is 0 Å². The lowest BCUT2D eigenvalue weighted by Gasteiger charge is -2.24. The molecule has 0 aromatic heterocycles. The van der Waals surface area contributed by atoms with Gasteiger partial charge in [0.2, 0.25) is 0 Å². The number of para-hydroxylation sites is 1. The number of likely N-dealkylation sites (N-methyl/N-ethyl adjacent to an activating group) is 1. The van der Waals surface area contributed by atoms with Gasteiger partial charge in [-0.2, -0.15) is 0 Å². The minimum atomic E-state index is -0.279. The van der Waals surface area contributed by atoms with Crippen LogP contribution in [0.1, 0.15) is 30.6 Å². The molecule has 0 fully saturated rings. The first-order valence-corrected chi connectivity index (χ1v) is 7.16. The van der Waals surface area contributed by atoms with Gasteiger partial charge in [-0.05, 0) is 38.6 Å². The van der Waals surface area contributed by atoms with Gasteiger partial charge in [0.25, 0.3) is 5.91 Å². The maximum Gasteiger partial charge on any atom is 0.255 e. The Morgan fingerprint density at radius 1 is 1.38 bits per heavy atom. The van der Waals surface area contributed by atoms with Gasteiger partial charge in [-0.3, -0.25) is 4.79 Å². The zero-order valence-electron chi connectivity index (χ0n) is 13.5. The van der Waals surface area contributed by atoms with Crippen LogP contribution in [0.2, 0.25) is 0 Å². The van der Waals surface area contributed by atoms with Crippen LogP contribution in [-0.4, -0.2) is 49.7 Å². The van der Waals surface area contributed by atoms with E-state index in [1.807, 2.05) is 19.0 Å². The van der Waals surface area contributed by atoms with Crippen LogP contribution in [0.5, 0.6) is 11.5 Å². The maximum absolute atomic E-state index is 12.4. The van der Waals surface area contributed by atoms with E-state index in [1.54, 1.807) is 18.2 Å². The third-order valence-corrected chi connectivity index (χ3v) is 3.14. The minimum Gasteiger partial charge on any atom is -0.504 e. The highest BCUT2D eigenvalue weighted by Crippen LogP contribution is 2.29. The number of hydrogen-bond acceptors (Lipinski definition) is 4. The van der Waals surface area contributed by atoms with Crippen LogP contribution in [0.4, 0.5) is 0 Å². The molecule has 1 amide bonds. The number of nitrogens with zero attached hydrogens (tertiary/aromatic N) is 1. The molecule has 1 unspecified atom stereocenters. The number of methoxy groups -OCH3 is 1. The SMILES string of the molecule is COc1cccc(C(=O)NC(CC(C)C)CN(C)C)c1O. The second-order valence-electron chi connectivity index (χ2n) is 5.92. The standard InChI is InChI=1S/C16H26N2O3/c1-11(2)9-12(10-18(3)4)17-16(20)13-7-6-8-14(21-5)15(13)19/h6-8,11-12,19H,9-10H2,1-5H3,(H,17,20). The van der Waals surface area contributed by atoms with E-state index in [9.17, 15) is 9.90 Å². The first kappa shape index (κ1) is 17.3. The molecule has 0 heterocycles. The summed E-state index contributed by atoms with van der Waals surface area (Å²) in [6, 6.07) is 4.95. The molecule has 1 aromatic rings. The molecule has 118 valence electrons. The number of benzene rings is 1. The average molecular weight is 294 g/mol. The maximum atomic E-state index is 12.4. The van der Waals surface area contributed by atoms with Gasteiger partial charge in [-0.1, -0.05) is 19.9 Å². The quantitative estimate of drug-likeness (QED) is 0.808. The molecule has 0 bridgehead atoms. The number of rotatable bonds is 7. The number of carbonyl (C=O) groups is 1. The van der Waals surface area contributed by atoms with Gasteiger partial charge in [-0.15, -0.1) is 0 Å². The van der Waals surface area contributed by atoms with Crippen molar-refractivity contribution >= 4 is 5.91 Å². The molecule has 5 heteroatoms. The zero-order valence-corrected chi connectivity index (χ0v) is 13.5. The lowest BCUT2D eigenvalue weighted by Crippen LogP contribution is -2.42. The van der Waals surface area contributed by atoms with Gasteiger partial charge in [0, 0.05) is 12.6 Å². The number of ether oxygens (including phenoxy) is 1. The van der Waals surface area contributed by atoms with Crippen LogP contribution in [0.15, 0.2) is 18.2 Å². The van der Waals surface area contributed by atoms with Gasteiger partial charge in [0.1, 0.15) is 0 Å². The lowest BCUT2D eigenvalue weighted by atomic mass is 10.0. The number of aromatic hydroxyl groups is 1. The van der Waals surface area contributed by atoms with E-state index in [1.165, 1.54) is 7.11 Å². The Morgan fingerprint density at radius 3 is 2.57 bits per heavy atom. The van der Waals surface area contributed by atoms with E-state index in [0.29, 0.717) is 11.7 Å². The van der Waals surface area contributed by atoms with Crippen molar-refractivity contribution in [2.24, 2.45) is 5.92 Å². The molecule has 1 rings (SSSR count). The number of hydrogen-bond donors (Lipinski definition) is 2. The fourth-order valence-corrected chi connectivity index (χ4v) is 2.32. The topological polar surface area (TPSA) is 61.8 Å². The second kappa shape index (κ2) is 7.88. The van der Waals surface area contributed by atoms with Crippen LogP contribution < -0.4 is 10.1 Å². The van der Waals surface area contributed by atoms with Crippen LogP contribution in [-0.2, 0) is 0 Å². The Balaban J connectivity index is 2.86. The Bertz CT molecular complexity index is 463. The van der Waals surface area contributed by atoms with Crippen molar-refractivity contribution in [1.29, 1.82) is 0 Å². The molecule has 0 spiro atoms. The Morgan fingerprint density at radius 2 is 2.05 bits per heavy atom. The van der Waals surface area contributed by atoms with E-state index in [2.05, 4.69) is 19.2 Å². The molecule has 1 atom stereocenters. The Hall–Kier alpha value is -1.75. The van der Waals surface area contributed by atoms with Crippen molar-refractivity contribution in [1.82, 2.24) is 10.2 Å². The van der Waals surface area contributed by atoms with E-state index in [0.717, 1.165) is 13.0 Å². The fourth-order valence-electron chi connectivity index (χ4n) is 2.32. The molecule has 0 aliphatic heterocycles. The van der Waals surface area contributed by atoms with Crippen molar-refractivity contribution < 1.29 is 14.6 Å². The fraction of sp³-hybridized carbons (Fsp3) is 0.562. The Labute approximate surface area is 126 Å². The normalized spacial score (nSPS) is 12.5. The second-order valence-corrected chi connectivity index (χ2v) is 5.92. The lowest BCUT2D eigenvalue weighted by molar-refractivity contribution is 0.0921. The molecule has 0 aliphatic rings. The summed E-state index contributed by atoms with van der Waals surface area (Å²) in [5.74, 6) is 0.384. The van der Waals surface area contributed by atoms with E-state index in [4.69, 9.17) is 4.74 Å². The summed E-state index contributed by atoms with van der Waals surface area (Å²) in [6.07, 6.45) is 0.884. The summed E-state index contributed by atoms with van der Waals surface area (Å²) in [5, 5.41) is 13.0. The van der Waals surface area contributed by atoms with Crippen molar-refractivity contribution in [3.05, 3.63) is 23.8 Å². The summed E-state index contributed by atoms with van der Waals surface area (Å²) >= 11 is 0. The van der Waals surface area contributed by atoms with Crippen LogP contribution in [0.3, 0.4) is 0 Å². The van der Waals surface area contributed by atoms with Gasteiger partial charge < -0.3 is 20.1 Å². The molecule has 5 nitrogen and oxygen atoms in total. The van der Waals surface area contributed by atoms with Crippen LogP contribution >= 0.6 is 0 Å². The van der Waals surface area contributed by atoms with Gasteiger partial charge >= 0.3 is 0 Å². The predicted molar refractivity (Wildman–Crippen MR) is 83.9 cm³/mol. The molecule has 0 aliphatic carbocycles. The first-order valence-electron chi connectivity index (χ1n) is 7.16. The highest BCUT2D eigenvalue weighted by molar-refractivity contribution is 5.97. The number of amides is 1. The smallest absolute Gasteiger partial charge is 0.255 e. The molecule has 21 heavy (non-hydrogen) atoms. The molecule has 0 saturated carbocycles. The molecule has 0 radical (unpaired) electrons. The third kappa shape index (κ3) is 5.27. The molecule has 0 saturated heterocycles.